The molecule has 3 aliphatic rings. The maximum atomic E-state index is 12.0. The third-order valence-corrected chi connectivity index (χ3v) is 4.64. The minimum Gasteiger partial charge on any atom is -0.465 e. The molecule has 2 bridgehead atoms. The van der Waals surface area contributed by atoms with Gasteiger partial charge in [-0.25, -0.2) is 9.59 Å². The largest absolute Gasteiger partial charge is 0.465 e. The van der Waals surface area contributed by atoms with Gasteiger partial charge in [-0.3, -0.25) is 0 Å². The Bertz CT molecular complexity index is 517. The van der Waals surface area contributed by atoms with Crippen LogP contribution in [-0.4, -0.2) is 26.2 Å². The maximum Gasteiger partial charge on any atom is 0.338 e. The molecule has 4 heteroatoms. The molecular formula is C16H18O4. The van der Waals surface area contributed by atoms with E-state index >= 15 is 0 Å². The molecule has 1 fully saturated rings. The quantitative estimate of drug-likeness (QED) is 0.778. The van der Waals surface area contributed by atoms with E-state index in [0.717, 1.165) is 36.8 Å². The third-order valence-electron chi connectivity index (χ3n) is 4.64. The lowest BCUT2D eigenvalue weighted by Gasteiger charge is -2.40. The van der Waals surface area contributed by atoms with Gasteiger partial charge in [-0.1, -0.05) is 0 Å². The van der Waals surface area contributed by atoms with Crippen molar-refractivity contribution in [3.63, 3.8) is 0 Å². The minimum atomic E-state index is -0.315. The molecule has 0 N–H and O–H groups in total. The number of hydrogen-bond donors (Lipinski definition) is 0. The number of methoxy groups -OCH3 is 2. The predicted molar refractivity (Wildman–Crippen MR) is 73.1 cm³/mol. The van der Waals surface area contributed by atoms with Gasteiger partial charge in [-0.15, -0.1) is 0 Å². The Labute approximate surface area is 118 Å². The van der Waals surface area contributed by atoms with Gasteiger partial charge in [0.2, 0.25) is 0 Å². The van der Waals surface area contributed by atoms with Crippen molar-refractivity contribution in [2.45, 2.75) is 37.5 Å². The number of rotatable bonds is 2. The smallest absolute Gasteiger partial charge is 0.338 e. The van der Waals surface area contributed by atoms with Crippen LogP contribution in [0.3, 0.4) is 0 Å². The summed E-state index contributed by atoms with van der Waals surface area (Å²) in [4.78, 5) is 23.9. The zero-order valence-corrected chi connectivity index (χ0v) is 11.8. The van der Waals surface area contributed by atoms with Crippen LogP contribution >= 0.6 is 0 Å². The topological polar surface area (TPSA) is 52.6 Å². The van der Waals surface area contributed by atoms with Crippen molar-refractivity contribution in [2.75, 3.05) is 14.2 Å². The molecule has 1 saturated carbocycles. The lowest BCUT2D eigenvalue weighted by atomic mass is 9.64. The molecule has 20 heavy (non-hydrogen) atoms. The fraction of sp³-hybridized carbons (Fsp3) is 0.500. The monoisotopic (exact) mass is 274 g/mol. The molecule has 0 unspecified atom stereocenters. The van der Waals surface area contributed by atoms with E-state index in [1.165, 1.54) is 14.2 Å². The summed E-state index contributed by atoms with van der Waals surface area (Å²) in [6, 6.07) is 3.41. The molecule has 3 aliphatic carbocycles. The van der Waals surface area contributed by atoms with Gasteiger partial charge in [-0.05, 0) is 60.8 Å². The Morgan fingerprint density at radius 3 is 1.50 bits per heavy atom. The zero-order chi connectivity index (χ0) is 14.3. The van der Waals surface area contributed by atoms with Crippen LogP contribution in [0.25, 0.3) is 0 Å². The Morgan fingerprint density at radius 2 is 1.20 bits per heavy atom. The molecular weight excluding hydrogens is 256 g/mol. The highest BCUT2D eigenvalue weighted by atomic mass is 16.5. The van der Waals surface area contributed by atoms with Gasteiger partial charge in [0, 0.05) is 0 Å². The Kier molecular flexibility index (Phi) is 3.24. The van der Waals surface area contributed by atoms with Crippen LogP contribution in [0.5, 0.6) is 0 Å². The van der Waals surface area contributed by atoms with E-state index < -0.39 is 0 Å². The number of carbonyl (C=O) groups is 2. The Hall–Kier alpha value is -1.84. The lowest BCUT2D eigenvalue weighted by Crippen LogP contribution is -2.27. The van der Waals surface area contributed by atoms with Gasteiger partial charge in [0.1, 0.15) is 0 Å². The first-order valence-electron chi connectivity index (χ1n) is 7.00. The first kappa shape index (κ1) is 13.2. The highest BCUT2D eigenvalue weighted by Crippen LogP contribution is 2.51. The minimum absolute atomic E-state index is 0.315. The molecule has 0 aromatic heterocycles. The molecule has 106 valence electrons. The third kappa shape index (κ3) is 1.82. The molecule has 4 rings (SSSR count). The van der Waals surface area contributed by atoms with Crippen LogP contribution in [0.1, 0.15) is 69.4 Å². The Balaban J connectivity index is 2.22. The summed E-state index contributed by atoms with van der Waals surface area (Å²) >= 11 is 0. The van der Waals surface area contributed by atoms with Crippen molar-refractivity contribution in [3.05, 3.63) is 34.4 Å². The van der Waals surface area contributed by atoms with Gasteiger partial charge < -0.3 is 9.47 Å². The second-order valence-corrected chi connectivity index (χ2v) is 5.52. The fourth-order valence-electron chi connectivity index (χ4n) is 3.76. The number of esters is 2. The first-order valence-corrected chi connectivity index (χ1v) is 7.00. The van der Waals surface area contributed by atoms with E-state index in [0.29, 0.717) is 23.0 Å². The van der Waals surface area contributed by atoms with Crippen molar-refractivity contribution in [3.8, 4) is 0 Å². The average Bonchev–Trinajstić information content (AvgIpc) is 2.53. The van der Waals surface area contributed by atoms with Crippen LogP contribution in [0.4, 0.5) is 0 Å². The maximum absolute atomic E-state index is 12.0. The normalized spacial score (nSPS) is 23.1. The summed E-state index contributed by atoms with van der Waals surface area (Å²) in [5.41, 5.74) is 3.29. The molecule has 0 heterocycles. The van der Waals surface area contributed by atoms with Crippen LogP contribution in [0, 0.1) is 0 Å². The number of benzene rings is 1. The van der Waals surface area contributed by atoms with E-state index in [4.69, 9.17) is 9.47 Å². The number of carbonyl (C=O) groups excluding carboxylic acids is 2. The van der Waals surface area contributed by atoms with Crippen LogP contribution in [-0.2, 0) is 9.47 Å². The zero-order valence-electron chi connectivity index (χ0n) is 11.8. The number of ether oxygens (including phenoxy) is 2. The number of fused-ring (bicyclic) bond motifs is 2. The van der Waals surface area contributed by atoms with Crippen LogP contribution in [0.15, 0.2) is 12.1 Å². The number of hydrogen-bond acceptors (Lipinski definition) is 4. The standard InChI is InChI=1S/C16H18O4/c1-19-15(17)11-7-8-12(16(18)20-2)14-10-5-3-9(4-6-10)13(11)14/h7-10H,3-6H2,1-2H3. The summed E-state index contributed by atoms with van der Waals surface area (Å²) in [6.07, 6.45) is 4.36. The summed E-state index contributed by atoms with van der Waals surface area (Å²) in [5, 5.41) is 0. The van der Waals surface area contributed by atoms with E-state index in [9.17, 15) is 9.59 Å². The predicted octanol–water partition coefficient (Wildman–Crippen LogP) is 3.01. The van der Waals surface area contributed by atoms with Crippen molar-refractivity contribution >= 4 is 11.9 Å². The van der Waals surface area contributed by atoms with E-state index in [2.05, 4.69) is 0 Å². The van der Waals surface area contributed by atoms with E-state index in [1.54, 1.807) is 12.1 Å². The molecule has 0 aliphatic heterocycles. The highest BCUT2D eigenvalue weighted by molar-refractivity contribution is 5.97. The molecule has 0 radical (unpaired) electrons. The second-order valence-electron chi connectivity index (χ2n) is 5.52. The molecule has 1 aromatic rings. The SMILES string of the molecule is COC(=O)c1ccc(C(=O)OC)c2c1C1CCC2CC1. The highest BCUT2D eigenvalue weighted by Gasteiger charge is 2.38. The summed E-state index contributed by atoms with van der Waals surface area (Å²) in [5.74, 6) is 0.109. The Morgan fingerprint density at radius 1 is 0.850 bits per heavy atom. The first-order chi connectivity index (χ1) is 9.67. The van der Waals surface area contributed by atoms with Crippen molar-refractivity contribution < 1.29 is 19.1 Å². The van der Waals surface area contributed by atoms with Gasteiger partial charge in [0.05, 0.1) is 25.3 Å². The van der Waals surface area contributed by atoms with E-state index in [-0.39, 0.29) is 11.9 Å². The molecule has 0 saturated heterocycles. The molecule has 0 spiro atoms. The summed E-state index contributed by atoms with van der Waals surface area (Å²) in [6.45, 7) is 0. The van der Waals surface area contributed by atoms with Gasteiger partial charge in [0.25, 0.3) is 0 Å². The summed E-state index contributed by atoms with van der Waals surface area (Å²) in [7, 11) is 2.79. The fourth-order valence-corrected chi connectivity index (χ4v) is 3.76. The van der Waals surface area contributed by atoms with Crippen LogP contribution < -0.4 is 0 Å². The van der Waals surface area contributed by atoms with Crippen molar-refractivity contribution in [1.82, 2.24) is 0 Å². The molecule has 0 amide bonds. The molecule has 1 aromatic carbocycles. The average molecular weight is 274 g/mol. The molecule has 0 atom stereocenters. The van der Waals surface area contributed by atoms with Crippen molar-refractivity contribution in [1.29, 1.82) is 0 Å². The van der Waals surface area contributed by atoms with Crippen molar-refractivity contribution in [2.24, 2.45) is 0 Å². The van der Waals surface area contributed by atoms with Gasteiger partial charge in [0.15, 0.2) is 0 Å². The van der Waals surface area contributed by atoms with Crippen LogP contribution in [0.2, 0.25) is 0 Å². The lowest BCUT2D eigenvalue weighted by molar-refractivity contribution is 0.0581. The molecule has 4 nitrogen and oxygen atoms in total. The van der Waals surface area contributed by atoms with Gasteiger partial charge >= 0.3 is 11.9 Å². The van der Waals surface area contributed by atoms with E-state index in [1.807, 2.05) is 0 Å². The second kappa shape index (κ2) is 4.93. The van der Waals surface area contributed by atoms with Gasteiger partial charge in [-0.2, -0.15) is 0 Å². The summed E-state index contributed by atoms with van der Waals surface area (Å²) < 4.78 is 9.76.